The SMILES string of the molecule is CCNC(=S)NC(=O)c1ccc([N+](=O)[O-])cc1. The molecule has 1 rings (SSSR count). The van der Waals surface area contributed by atoms with E-state index in [1.807, 2.05) is 6.92 Å². The van der Waals surface area contributed by atoms with Crippen LogP contribution >= 0.6 is 12.2 Å². The predicted molar refractivity (Wildman–Crippen MR) is 66.8 cm³/mol. The van der Waals surface area contributed by atoms with Crippen LogP contribution < -0.4 is 10.6 Å². The highest BCUT2D eigenvalue weighted by Gasteiger charge is 2.10. The van der Waals surface area contributed by atoms with Crippen LogP contribution in [-0.4, -0.2) is 22.5 Å². The highest BCUT2D eigenvalue weighted by Crippen LogP contribution is 2.11. The van der Waals surface area contributed by atoms with E-state index in [2.05, 4.69) is 10.6 Å². The third-order valence-electron chi connectivity index (χ3n) is 1.90. The number of carbonyl (C=O) groups is 1. The molecule has 0 spiro atoms. The summed E-state index contributed by atoms with van der Waals surface area (Å²) < 4.78 is 0. The van der Waals surface area contributed by atoms with Gasteiger partial charge >= 0.3 is 0 Å². The predicted octanol–water partition coefficient (Wildman–Crippen LogP) is 1.22. The van der Waals surface area contributed by atoms with Gasteiger partial charge in [0.25, 0.3) is 11.6 Å². The van der Waals surface area contributed by atoms with Gasteiger partial charge in [0.2, 0.25) is 0 Å². The van der Waals surface area contributed by atoms with Gasteiger partial charge in [0.1, 0.15) is 0 Å². The minimum atomic E-state index is -0.523. The van der Waals surface area contributed by atoms with E-state index in [1.54, 1.807) is 0 Å². The van der Waals surface area contributed by atoms with E-state index >= 15 is 0 Å². The van der Waals surface area contributed by atoms with Crippen molar-refractivity contribution in [2.75, 3.05) is 6.54 Å². The Morgan fingerprint density at radius 1 is 1.41 bits per heavy atom. The van der Waals surface area contributed by atoms with Crippen molar-refractivity contribution in [3.05, 3.63) is 39.9 Å². The molecule has 0 saturated heterocycles. The number of nitrogens with zero attached hydrogens (tertiary/aromatic N) is 1. The number of carbonyl (C=O) groups excluding carboxylic acids is 1. The number of hydrogen-bond donors (Lipinski definition) is 2. The third-order valence-corrected chi connectivity index (χ3v) is 2.15. The van der Waals surface area contributed by atoms with Crippen molar-refractivity contribution in [3.8, 4) is 0 Å². The first-order valence-corrected chi connectivity index (χ1v) is 5.29. The minimum Gasteiger partial charge on any atom is -0.363 e. The number of nitro groups is 1. The molecule has 1 aromatic rings. The first-order valence-electron chi connectivity index (χ1n) is 4.88. The van der Waals surface area contributed by atoms with Crippen LogP contribution in [0.4, 0.5) is 5.69 Å². The van der Waals surface area contributed by atoms with Gasteiger partial charge in [-0.1, -0.05) is 0 Å². The molecule has 0 bridgehead atoms. The van der Waals surface area contributed by atoms with E-state index in [0.717, 1.165) is 0 Å². The third kappa shape index (κ3) is 3.80. The molecule has 1 amide bonds. The summed E-state index contributed by atoms with van der Waals surface area (Å²) in [6, 6.07) is 5.29. The maximum atomic E-state index is 11.6. The monoisotopic (exact) mass is 253 g/mol. The highest BCUT2D eigenvalue weighted by atomic mass is 32.1. The molecule has 1 aromatic carbocycles. The summed E-state index contributed by atoms with van der Waals surface area (Å²) in [5.41, 5.74) is 0.256. The Hall–Kier alpha value is -2.02. The summed E-state index contributed by atoms with van der Waals surface area (Å²) in [6.07, 6.45) is 0. The second-order valence-corrected chi connectivity index (χ2v) is 3.53. The fraction of sp³-hybridized carbons (Fsp3) is 0.200. The molecule has 2 N–H and O–H groups in total. The molecule has 0 heterocycles. The lowest BCUT2D eigenvalue weighted by Gasteiger charge is -2.06. The van der Waals surface area contributed by atoms with Crippen molar-refractivity contribution >= 4 is 28.9 Å². The minimum absolute atomic E-state index is 0.0594. The zero-order chi connectivity index (χ0) is 12.8. The lowest BCUT2D eigenvalue weighted by Crippen LogP contribution is -2.38. The number of benzene rings is 1. The van der Waals surface area contributed by atoms with E-state index in [4.69, 9.17) is 12.2 Å². The number of thiocarbonyl (C=S) groups is 1. The second kappa shape index (κ2) is 5.90. The van der Waals surface area contributed by atoms with E-state index in [-0.39, 0.29) is 10.8 Å². The fourth-order valence-electron chi connectivity index (χ4n) is 1.11. The molecule has 6 nitrogen and oxygen atoms in total. The van der Waals surface area contributed by atoms with E-state index in [0.29, 0.717) is 12.1 Å². The normalized spacial score (nSPS) is 9.47. The first kappa shape index (κ1) is 13.0. The molecule has 0 aliphatic rings. The van der Waals surface area contributed by atoms with E-state index in [9.17, 15) is 14.9 Å². The van der Waals surface area contributed by atoms with Gasteiger partial charge in [0.05, 0.1) is 4.92 Å². The van der Waals surface area contributed by atoms with Crippen LogP contribution in [0.25, 0.3) is 0 Å². The van der Waals surface area contributed by atoms with E-state index in [1.165, 1.54) is 24.3 Å². The number of rotatable bonds is 3. The molecule has 0 atom stereocenters. The summed E-state index contributed by atoms with van der Waals surface area (Å²) in [6.45, 7) is 2.46. The van der Waals surface area contributed by atoms with Gasteiger partial charge in [-0.15, -0.1) is 0 Å². The Morgan fingerprint density at radius 2 is 2.00 bits per heavy atom. The van der Waals surface area contributed by atoms with Gasteiger partial charge in [0.15, 0.2) is 5.11 Å². The number of nitro benzene ring substituents is 1. The highest BCUT2D eigenvalue weighted by molar-refractivity contribution is 7.80. The van der Waals surface area contributed by atoms with Gasteiger partial charge in [0, 0.05) is 24.2 Å². The standard InChI is InChI=1S/C10H11N3O3S/c1-2-11-10(17)12-9(14)7-3-5-8(6-4-7)13(15)16/h3-6H,2H2,1H3,(H2,11,12,14,17). The Morgan fingerprint density at radius 3 is 2.47 bits per heavy atom. The Kier molecular flexibility index (Phi) is 4.53. The Labute approximate surface area is 103 Å². The quantitative estimate of drug-likeness (QED) is 0.480. The van der Waals surface area contributed by atoms with Crippen LogP contribution in [0.2, 0.25) is 0 Å². The van der Waals surface area contributed by atoms with Crippen molar-refractivity contribution < 1.29 is 9.72 Å². The molecule has 0 radical (unpaired) electrons. The fourth-order valence-corrected chi connectivity index (χ4v) is 1.35. The van der Waals surface area contributed by atoms with Gasteiger partial charge in [-0.25, -0.2) is 0 Å². The lowest BCUT2D eigenvalue weighted by molar-refractivity contribution is -0.384. The zero-order valence-corrected chi connectivity index (χ0v) is 9.91. The van der Waals surface area contributed by atoms with Crippen molar-refractivity contribution in [2.45, 2.75) is 6.92 Å². The Balaban J connectivity index is 2.70. The summed E-state index contributed by atoms with van der Waals surface area (Å²) in [5.74, 6) is -0.397. The first-order chi connectivity index (χ1) is 8.04. The maximum Gasteiger partial charge on any atom is 0.269 e. The van der Waals surface area contributed by atoms with E-state index < -0.39 is 10.8 Å². The molecule has 17 heavy (non-hydrogen) atoms. The topological polar surface area (TPSA) is 84.3 Å². The average Bonchev–Trinajstić information content (AvgIpc) is 2.29. The zero-order valence-electron chi connectivity index (χ0n) is 9.10. The lowest BCUT2D eigenvalue weighted by atomic mass is 10.2. The summed E-state index contributed by atoms with van der Waals surface area (Å²) in [7, 11) is 0. The molecule has 0 unspecified atom stereocenters. The molecule has 90 valence electrons. The van der Waals surface area contributed by atoms with Crippen LogP contribution in [0.5, 0.6) is 0 Å². The van der Waals surface area contributed by atoms with Crippen LogP contribution in [0.15, 0.2) is 24.3 Å². The van der Waals surface area contributed by atoms with Crippen molar-refractivity contribution in [2.24, 2.45) is 0 Å². The van der Waals surface area contributed by atoms with Crippen LogP contribution in [0.3, 0.4) is 0 Å². The molecule has 0 aromatic heterocycles. The summed E-state index contributed by atoms with van der Waals surface area (Å²) >= 11 is 4.85. The van der Waals surface area contributed by atoms with Gasteiger partial charge in [-0.3, -0.25) is 20.2 Å². The smallest absolute Gasteiger partial charge is 0.269 e. The summed E-state index contributed by atoms with van der Waals surface area (Å²) in [5, 5.41) is 15.9. The van der Waals surface area contributed by atoms with Crippen molar-refractivity contribution in [3.63, 3.8) is 0 Å². The van der Waals surface area contributed by atoms with Gasteiger partial charge < -0.3 is 5.32 Å². The van der Waals surface area contributed by atoms with Gasteiger partial charge in [-0.05, 0) is 31.3 Å². The number of nitrogens with one attached hydrogen (secondary N) is 2. The van der Waals surface area contributed by atoms with Crippen molar-refractivity contribution in [1.29, 1.82) is 0 Å². The number of non-ortho nitro benzene ring substituents is 1. The molecule has 0 fully saturated rings. The van der Waals surface area contributed by atoms with Crippen LogP contribution in [-0.2, 0) is 0 Å². The second-order valence-electron chi connectivity index (χ2n) is 3.12. The van der Waals surface area contributed by atoms with Crippen LogP contribution in [0.1, 0.15) is 17.3 Å². The molecule has 0 saturated carbocycles. The van der Waals surface area contributed by atoms with Gasteiger partial charge in [-0.2, -0.15) is 0 Å². The molecular weight excluding hydrogens is 242 g/mol. The number of amides is 1. The number of hydrogen-bond acceptors (Lipinski definition) is 4. The largest absolute Gasteiger partial charge is 0.363 e. The van der Waals surface area contributed by atoms with Crippen molar-refractivity contribution in [1.82, 2.24) is 10.6 Å². The average molecular weight is 253 g/mol. The van der Waals surface area contributed by atoms with Crippen LogP contribution in [0, 0.1) is 10.1 Å². The molecule has 0 aliphatic heterocycles. The molecule has 7 heteroatoms. The molecular formula is C10H11N3O3S. The summed E-state index contributed by atoms with van der Waals surface area (Å²) in [4.78, 5) is 21.5. The maximum absolute atomic E-state index is 11.6. The molecule has 0 aliphatic carbocycles. The Bertz CT molecular complexity index is 445.